The van der Waals surface area contributed by atoms with Crippen LogP contribution in [0.15, 0.2) is 36.4 Å². The van der Waals surface area contributed by atoms with Gasteiger partial charge in [0.1, 0.15) is 17.0 Å². The molecule has 4 atom stereocenters. The summed E-state index contributed by atoms with van der Waals surface area (Å²) in [6.07, 6.45) is 1.44. The highest BCUT2D eigenvalue weighted by molar-refractivity contribution is 6.31. The van der Waals surface area contributed by atoms with Gasteiger partial charge in [-0.2, -0.15) is 0 Å². The Hall–Kier alpha value is -3.50. The second kappa shape index (κ2) is 7.00. The minimum Gasteiger partial charge on any atom is -0.495 e. The third-order valence-corrected chi connectivity index (χ3v) is 7.80. The first-order valence-electron chi connectivity index (χ1n) is 10.9. The molecule has 34 heavy (non-hydrogen) atoms. The summed E-state index contributed by atoms with van der Waals surface area (Å²) in [5.74, 6) is -3.03. The van der Waals surface area contributed by atoms with E-state index in [4.69, 9.17) is 16.3 Å². The largest absolute Gasteiger partial charge is 0.495 e. The number of imide groups is 1. The van der Waals surface area contributed by atoms with Crippen LogP contribution in [0.1, 0.15) is 18.4 Å². The van der Waals surface area contributed by atoms with Crippen LogP contribution in [0.5, 0.6) is 5.75 Å². The second-order valence-corrected chi connectivity index (χ2v) is 9.38. The number of amides is 3. The fourth-order valence-electron chi connectivity index (χ4n) is 6.38. The predicted octanol–water partition coefficient (Wildman–Crippen LogP) is 2.69. The van der Waals surface area contributed by atoms with Crippen LogP contribution in [-0.4, -0.2) is 47.2 Å². The van der Waals surface area contributed by atoms with E-state index in [2.05, 4.69) is 5.32 Å². The quantitative estimate of drug-likeness (QED) is 0.405. The highest BCUT2D eigenvalue weighted by Gasteiger charge is 2.74. The molecular weight excluding hydrogens is 464 g/mol. The van der Waals surface area contributed by atoms with Crippen molar-refractivity contribution < 1.29 is 24.0 Å². The van der Waals surface area contributed by atoms with E-state index in [9.17, 15) is 24.5 Å². The summed E-state index contributed by atoms with van der Waals surface area (Å²) < 4.78 is 5.33. The Morgan fingerprint density at radius 1 is 1.18 bits per heavy atom. The number of fused-ring (bicyclic) bond motifs is 7. The Kier molecular flexibility index (Phi) is 4.34. The minimum absolute atomic E-state index is 0.00511. The first kappa shape index (κ1) is 21.1. The molecular formula is C23H19ClN4O6. The average Bonchev–Trinajstić information content (AvgIpc) is 3.52. The van der Waals surface area contributed by atoms with Crippen LogP contribution in [-0.2, 0) is 19.9 Å². The van der Waals surface area contributed by atoms with Gasteiger partial charge in [-0.15, -0.1) is 0 Å². The van der Waals surface area contributed by atoms with Gasteiger partial charge in [0.2, 0.25) is 17.7 Å². The Morgan fingerprint density at radius 2 is 1.97 bits per heavy atom. The number of ether oxygens (including phenoxy) is 1. The number of carbonyl (C=O) groups is 3. The lowest BCUT2D eigenvalue weighted by Crippen LogP contribution is -2.54. The SMILES string of the molecule is COc1ccc([N+](=O)[O-])cc1N1C(=O)[C@H]2[C@H]3CCCN3[C@]3(C(=O)Nc4ccc(Cl)cc43)[C@@H]2C1=O. The molecule has 1 N–H and O–H groups in total. The lowest BCUT2D eigenvalue weighted by Gasteiger charge is -2.36. The van der Waals surface area contributed by atoms with Gasteiger partial charge < -0.3 is 10.1 Å². The van der Waals surface area contributed by atoms with E-state index >= 15 is 0 Å². The molecule has 3 saturated heterocycles. The van der Waals surface area contributed by atoms with Crippen molar-refractivity contribution in [1.82, 2.24) is 4.90 Å². The summed E-state index contributed by atoms with van der Waals surface area (Å²) in [7, 11) is 1.36. The monoisotopic (exact) mass is 482 g/mol. The van der Waals surface area contributed by atoms with Gasteiger partial charge in [-0.05, 0) is 43.7 Å². The smallest absolute Gasteiger partial charge is 0.271 e. The molecule has 0 bridgehead atoms. The summed E-state index contributed by atoms with van der Waals surface area (Å²) in [6, 6.07) is 8.50. The third-order valence-electron chi connectivity index (χ3n) is 7.57. The zero-order valence-electron chi connectivity index (χ0n) is 18.0. The van der Waals surface area contributed by atoms with E-state index in [0.29, 0.717) is 29.2 Å². The molecule has 2 aromatic rings. The number of nitrogens with one attached hydrogen (secondary N) is 1. The number of non-ortho nitro benzene ring substituents is 1. The first-order chi connectivity index (χ1) is 16.3. The molecule has 0 saturated carbocycles. The molecule has 11 heteroatoms. The molecule has 3 amide bonds. The maximum Gasteiger partial charge on any atom is 0.271 e. The van der Waals surface area contributed by atoms with Crippen molar-refractivity contribution in [3.63, 3.8) is 0 Å². The molecule has 2 aromatic carbocycles. The summed E-state index contributed by atoms with van der Waals surface area (Å²) >= 11 is 6.29. The zero-order chi connectivity index (χ0) is 23.9. The highest BCUT2D eigenvalue weighted by atomic mass is 35.5. The number of halogens is 1. The number of anilines is 2. The highest BCUT2D eigenvalue weighted by Crippen LogP contribution is 2.61. The van der Waals surface area contributed by atoms with E-state index in [1.54, 1.807) is 18.2 Å². The van der Waals surface area contributed by atoms with E-state index in [-0.39, 0.29) is 29.1 Å². The number of methoxy groups -OCH3 is 1. The van der Waals surface area contributed by atoms with Crippen molar-refractivity contribution in [3.05, 3.63) is 57.1 Å². The number of hydrogen-bond donors (Lipinski definition) is 1. The van der Waals surface area contributed by atoms with Crippen LogP contribution in [0.25, 0.3) is 0 Å². The molecule has 0 aliphatic carbocycles. The molecule has 4 aliphatic rings. The standard InChI is InChI=1S/C23H19ClN4O6/c1-34-17-7-5-12(28(32)33)10-16(17)27-20(29)18-15-3-2-8-26(15)23(19(18)21(27)30)13-9-11(24)4-6-14(13)25-22(23)31/h4-7,9-10,15,18-19H,2-3,8H2,1H3,(H,25,31)/t15-,18+,19+,23+/m1/s1. The van der Waals surface area contributed by atoms with Crippen LogP contribution in [0.3, 0.4) is 0 Å². The maximum absolute atomic E-state index is 14.0. The molecule has 174 valence electrons. The Balaban J connectivity index is 1.56. The molecule has 4 aliphatic heterocycles. The summed E-state index contributed by atoms with van der Waals surface area (Å²) in [5.41, 5.74) is -0.501. The zero-order valence-corrected chi connectivity index (χ0v) is 18.7. The molecule has 4 heterocycles. The van der Waals surface area contributed by atoms with Crippen molar-refractivity contribution in [3.8, 4) is 5.75 Å². The van der Waals surface area contributed by atoms with Gasteiger partial charge in [-0.1, -0.05) is 11.6 Å². The van der Waals surface area contributed by atoms with Gasteiger partial charge in [0.15, 0.2) is 0 Å². The lowest BCUT2D eigenvalue weighted by molar-refractivity contribution is -0.384. The van der Waals surface area contributed by atoms with Crippen molar-refractivity contribution in [2.45, 2.75) is 24.4 Å². The first-order valence-corrected chi connectivity index (χ1v) is 11.3. The van der Waals surface area contributed by atoms with Crippen molar-refractivity contribution >= 4 is 46.4 Å². The lowest BCUT2D eigenvalue weighted by atomic mass is 9.75. The van der Waals surface area contributed by atoms with Crippen molar-refractivity contribution in [2.24, 2.45) is 11.8 Å². The van der Waals surface area contributed by atoms with Crippen LogP contribution in [0.2, 0.25) is 5.02 Å². The van der Waals surface area contributed by atoms with E-state index in [1.807, 2.05) is 4.90 Å². The number of hydrogen-bond acceptors (Lipinski definition) is 7. The normalized spacial score (nSPS) is 29.4. The number of nitro groups is 1. The summed E-state index contributed by atoms with van der Waals surface area (Å²) in [5, 5.41) is 14.7. The number of nitrogens with zero attached hydrogens (tertiary/aromatic N) is 3. The minimum atomic E-state index is -1.37. The summed E-state index contributed by atoms with van der Waals surface area (Å²) in [6.45, 7) is 0.567. The molecule has 6 rings (SSSR count). The third kappa shape index (κ3) is 2.41. The van der Waals surface area contributed by atoms with Gasteiger partial charge in [0, 0.05) is 34.4 Å². The average molecular weight is 483 g/mol. The summed E-state index contributed by atoms with van der Waals surface area (Å²) in [4.78, 5) is 55.2. The molecule has 3 fully saturated rings. The molecule has 10 nitrogen and oxygen atoms in total. The molecule has 1 spiro atoms. The maximum atomic E-state index is 14.0. The van der Waals surface area contributed by atoms with Crippen molar-refractivity contribution in [2.75, 3.05) is 23.9 Å². The van der Waals surface area contributed by atoms with Crippen molar-refractivity contribution in [1.29, 1.82) is 0 Å². The topological polar surface area (TPSA) is 122 Å². The Bertz CT molecular complexity index is 1310. The number of rotatable bonds is 3. The predicted molar refractivity (Wildman–Crippen MR) is 121 cm³/mol. The molecule has 0 unspecified atom stereocenters. The van der Waals surface area contributed by atoms with E-state index in [1.165, 1.54) is 19.2 Å². The molecule has 0 radical (unpaired) electrons. The number of carbonyl (C=O) groups excluding carboxylic acids is 3. The van der Waals surface area contributed by atoms with Crippen LogP contribution >= 0.6 is 11.6 Å². The fourth-order valence-corrected chi connectivity index (χ4v) is 6.55. The van der Waals surface area contributed by atoms with Crippen LogP contribution < -0.4 is 15.0 Å². The van der Waals surface area contributed by atoms with Gasteiger partial charge >= 0.3 is 0 Å². The van der Waals surface area contributed by atoms with Crippen LogP contribution in [0.4, 0.5) is 17.1 Å². The number of benzene rings is 2. The second-order valence-electron chi connectivity index (χ2n) is 8.94. The van der Waals surface area contributed by atoms with Gasteiger partial charge in [-0.25, -0.2) is 4.90 Å². The van der Waals surface area contributed by atoms with Gasteiger partial charge in [-0.3, -0.25) is 29.4 Å². The van der Waals surface area contributed by atoms with Crippen LogP contribution in [0, 0.1) is 22.0 Å². The Labute approximate surface area is 198 Å². The van der Waals surface area contributed by atoms with E-state index in [0.717, 1.165) is 17.4 Å². The van der Waals surface area contributed by atoms with E-state index < -0.39 is 34.1 Å². The van der Waals surface area contributed by atoms with Gasteiger partial charge in [0.25, 0.3) is 5.69 Å². The fraction of sp³-hybridized carbons (Fsp3) is 0.348. The molecule has 0 aromatic heterocycles. The van der Waals surface area contributed by atoms with Gasteiger partial charge in [0.05, 0.1) is 23.9 Å². The Morgan fingerprint density at radius 3 is 2.71 bits per heavy atom. The number of nitro benzene ring substituents is 1.